The van der Waals surface area contributed by atoms with Gasteiger partial charge in [0.1, 0.15) is 0 Å². The molecule has 0 spiro atoms. The van der Waals surface area contributed by atoms with E-state index in [2.05, 4.69) is 12.8 Å². The molecule has 0 nitrogen and oxygen atoms in total. The zero-order valence-corrected chi connectivity index (χ0v) is 1.15. The van der Waals surface area contributed by atoms with Crippen molar-refractivity contribution < 1.29 is 0 Å². The first-order valence-electron chi connectivity index (χ1n) is 0.333. The highest BCUT2D eigenvalue weighted by atomic mass is 12.6. The summed E-state index contributed by atoms with van der Waals surface area (Å²) in [6, 6.07) is 0. The zero-order chi connectivity index (χ0) is 2.00. The molecular formula is C8H26. The smallest absolute Gasteiger partial charge is 0.0776 e. The Morgan fingerprint density at radius 3 is 0.375 bits per heavy atom. The fraction of sp³-hybridized carbons (Fsp3) is 0.750. The highest BCUT2D eigenvalue weighted by Crippen LogP contribution is 0.579. The Morgan fingerprint density at radius 1 is 0.375 bits per heavy atom. The van der Waals surface area contributed by atoms with Crippen molar-refractivity contribution in [2.45, 2.75) is 44.6 Å². The van der Waals surface area contributed by atoms with E-state index in [9.17, 15) is 0 Å². The summed E-state index contributed by atoms with van der Waals surface area (Å²) in [5.74, 6) is 0. The van der Waals surface area contributed by atoms with Gasteiger partial charge >= 0.3 is 0 Å². The van der Waals surface area contributed by atoms with Crippen LogP contribution < -0.4 is 0 Å². The average Bonchev–Trinajstić information content (AvgIpc) is 1.00. The Morgan fingerprint density at radius 2 is 0.375 bits per heavy atom. The van der Waals surface area contributed by atoms with Gasteiger partial charge in [-0.25, -0.2) is 0 Å². The molecule has 0 aromatic carbocycles. The summed E-state index contributed by atoms with van der Waals surface area (Å²) in [4.78, 5) is 0. The second kappa shape index (κ2) is 1050. The molecule has 0 fully saturated rings. The Balaban J connectivity index is -0.000000000333. The van der Waals surface area contributed by atoms with Crippen LogP contribution in [0.5, 0.6) is 0 Å². The molecule has 0 bridgehead atoms. The molecule has 0 heteroatoms. The number of rotatable bonds is 0. The van der Waals surface area contributed by atoms with Gasteiger partial charge in [0, 0.05) is 0 Å². The van der Waals surface area contributed by atoms with Crippen LogP contribution >= 0.6 is 0 Å². The summed E-state index contributed by atoms with van der Waals surface area (Å²) in [5.41, 5.74) is 0. The number of hydrogen-bond acceptors (Lipinski definition) is 0. The Hall–Kier alpha value is -0.440. The molecule has 0 rings (SSSR count). The van der Waals surface area contributed by atoms with Gasteiger partial charge in [0.15, 0.2) is 0 Å². The van der Waals surface area contributed by atoms with Crippen LogP contribution in [0.1, 0.15) is 44.6 Å². The molecule has 0 aliphatic rings. The van der Waals surface area contributed by atoms with E-state index in [0.717, 1.165) is 0 Å². The number of terminal acetylenes is 1. The normalized spacial score (nSPS) is 0.250. The summed E-state index contributed by atoms with van der Waals surface area (Å²) >= 11 is 0. The molecule has 0 aromatic rings. The van der Waals surface area contributed by atoms with Crippen LogP contribution in [0, 0.1) is 12.8 Å². The molecule has 0 saturated heterocycles. The minimum absolute atomic E-state index is 0. The van der Waals surface area contributed by atoms with Crippen LogP contribution in [0.15, 0.2) is 0 Å². The van der Waals surface area contributed by atoms with Gasteiger partial charge in [-0.2, -0.15) is 0 Å². The predicted molar refractivity (Wildman–Crippen MR) is 50.3 cm³/mol. The maximum Gasteiger partial charge on any atom is -0.0776 e. The monoisotopic (exact) mass is 122 g/mol. The molecule has 0 aromatic heterocycles. The van der Waals surface area contributed by atoms with Crippen molar-refractivity contribution in [3.05, 3.63) is 0 Å². The van der Waals surface area contributed by atoms with E-state index in [4.69, 9.17) is 0 Å². The van der Waals surface area contributed by atoms with Crippen molar-refractivity contribution in [2.24, 2.45) is 0 Å². The quantitative estimate of drug-likeness (QED) is 0.425. The molecule has 0 atom stereocenters. The van der Waals surface area contributed by atoms with Gasteiger partial charge < -0.3 is 0 Å². The van der Waals surface area contributed by atoms with Crippen LogP contribution in [0.25, 0.3) is 0 Å². The van der Waals surface area contributed by atoms with Crippen molar-refractivity contribution in [2.75, 3.05) is 0 Å². The van der Waals surface area contributed by atoms with E-state index in [1.165, 1.54) is 0 Å². The van der Waals surface area contributed by atoms with Crippen LogP contribution in [-0.2, 0) is 0 Å². The van der Waals surface area contributed by atoms with E-state index < -0.39 is 0 Å². The highest BCUT2D eigenvalue weighted by molar-refractivity contribution is 4.47. The van der Waals surface area contributed by atoms with E-state index in [1.54, 1.807) is 0 Å². The summed E-state index contributed by atoms with van der Waals surface area (Å²) in [6.45, 7) is 0. The Labute approximate surface area is 58.3 Å². The van der Waals surface area contributed by atoms with Gasteiger partial charge in [0.2, 0.25) is 0 Å². The first-order chi connectivity index (χ1) is 1.00. The Bertz CT molecular complexity index is 4.75. The molecule has 8 heavy (non-hydrogen) atoms. The highest BCUT2D eigenvalue weighted by Gasteiger charge is 0.454. The minimum Gasteiger partial charge on any atom is -0.124 e. The SMILES string of the molecule is C.C.C.C.C.C.C#C. The summed E-state index contributed by atoms with van der Waals surface area (Å²) in [7, 11) is 0. The van der Waals surface area contributed by atoms with E-state index >= 15 is 0 Å². The first-order valence-corrected chi connectivity index (χ1v) is 0.333. The molecule has 58 valence electrons. The maximum atomic E-state index is 4.00. The lowest BCUT2D eigenvalue weighted by atomic mass is 11.4. The van der Waals surface area contributed by atoms with Crippen molar-refractivity contribution in [3.8, 4) is 12.8 Å². The van der Waals surface area contributed by atoms with E-state index in [-0.39, 0.29) is 44.6 Å². The largest absolute Gasteiger partial charge is 0.124 e. The lowest BCUT2D eigenvalue weighted by Gasteiger charge is -0.701. The summed E-state index contributed by atoms with van der Waals surface area (Å²) in [6.07, 6.45) is 8.00. The molecule has 0 N–H and O–H groups in total. The van der Waals surface area contributed by atoms with E-state index in [0.29, 0.717) is 0 Å². The van der Waals surface area contributed by atoms with Crippen LogP contribution in [-0.4, -0.2) is 0 Å². The van der Waals surface area contributed by atoms with Crippen molar-refractivity contribution >= 4 is 0 Å². The average molecular weight is 122 g/mol. The lowest BCUT2D eigenvalue weighted by molar-refractivity contribution is 2.50. The minimum atomic E-state index is 0. The third-order valence-electron chi connectivity index (χ3n) is 0. The standard InChI is InChI=1S/C2H2.6CH4/c1-2;;;;;;/h1-2H;6*1H4. The van der Waals surface area contributed by atoms with Gasteiger partial charge in [-0.3, -0.25) is 0 Å². The molecule has 0 radical (unpaired) electrons. The van der Waals surface area contributed by atoms with Crippen LogP contribution in [0.3, 0.4) is 0 Å². The molecule has 0 heterocycles. The van der Waals surface area contributed by atoms with Gasteiger partial charge in [-0.1, -0.05) is 44.6 Å². The predicted octanol–water partition coefficient (Wildman–Crippen LogP) is 4.07. The molecule has 0 saturated carbocycles. The maximum absolute atomic E-state index is 4.00. The summed E-state index contributed by atoms with van der Waals surface area (Å²) in [5, 5.41) is 0. The van der Waals surface area contributed by atoms with Crippen molar-refractivity contribution in [3.63, 3.8) is 0 Å². The van der Waals surface area contributed by atoms with Crippen LogP contribution in [0.2, 0.25) is 0 Å². The van der Waals surface area contributed by atoms with Crippen molar-refractivity contribution in [1.82, 2.24) is 0 Å². The molecule has 0 amide bonds. The van der Waals surface area contributed by atoms with Gasteiger partial charge in [-0.05, 0) is 0 Å². The second-order valence-electron chi connectivity index (χ2n) is 0. The fourth-order valence-corrected chi connectivity index (χ4v) is 0. The third-order valence-corrected chi connectivity index (χ3v) is 0. The lowest BCUT2D eigenvalue weighted by Crippen LogP contribution is -0.576. The van der Waals surface area contributed by atoms with E-state index in [1.807, 2.05) is 0 Å². The van der Waals surface area contributed by atoms with Crippen LogP contribution in [0.4, 0.5) is 0 Å². The topological polar surface area (TPSA) is 0 Å². The molecule has 0 aliphatic carbocycles. The molecule has 0 unspecified atom stereocenters. The first kappa shape index (κ1) is 1040. The Kier molecular flexibility index (Phi) is 136000. The fourth-order valence-electron chi connectivity index (χ4n) is 0. The molecule has 0 aliphatic heterocycles. The zero-order valence-electron chi connectivity index (χ0n) is 1.15. The van der Waals surface area contributed by atoms with Crippen molar-refractivity contribution in [1.29, 1.82) is 0 Å². The second-order valence-corrected chi connectivity index (χ2v) is 0. The van der Waals surface area contributed by atoms with Gasteiger partial charge in [-0.15, -0.1) is 12.8 Å². The summed E-state index contributed by atoms with van der Waals surface area (Å²) < 4.78 is 0. The van der Waals surface area contributed by atoms with Gasteiger partial charge in [0.25, 0.3) is 0 Å². The number of hydrogen-bond donors (Lipinski definition) is 0. The third kappa shape index (κ3) is 597. The van der Waals surface area contributed by atoms with Gasteiger partial charge in [0.05, 0.1) is 0 Å². The molecular weight excluding hydrogens is 96.1 g/mol.